The van der Waals surface area contributed by atoms with Gasteiger partial charge in [-0.2, -0.15) is 5.10 Å². The molecule has 27 heavy (non-hydrogen) atoms. The Morgan fingerprint density at radius 2 is 1.93 bits per heavy atom. The number of rotatable bonds is 5. The van der Waals surface area contributed by atoms with Crippen molar-refractivity contribution in [3.63, 3.8) is 0 Å². The molecule has 0 spiro atoms. The van der Waals surface area contributed by atoms with Gasteiger partial charge in [-0.15, -0.1) is 0 Å². The molecule has 1 aromatic carbocycles. The van der Waals surface area contributed by atoms with Crippen LogP contribution in [0, 0.1) is 0 Å². The minimum Gasteiger partial charge on any atom is -0.393 e. The third-order valence-corrected chi connectivity index (χ3v) is 4.94. The van der Waals surface area contributed by atoms with Crippen LogP contribution < -0.4 is 9.80 Å². The van der Waals surface area contributed by atoms with Crippen LogP contribution in [0.15, 0.2) is 55.1 Å². The van der Waals surface area contributed by atoms with Gasteiger partial charge in [0.1, 0.15) is 18.0 Å². The molecule has 3 aromatic rings. The summed E-state index contributed by atoms with van der Waals surface area (Å²) in [5.41, 5.74) is 2.25. The number of anilines is 2. The molecule has 0 aliphatic carbocycles. The molecular formula is C20H24N6O. The van der Waals surface area contributed by atoms with E-state index in [4.69, 9.17) is 0 Å². The van der Waals surface area contributed by atoms with E-state index in [9.17, 15) is 5.11 Å². The van der Waals surface area contributed by atoms with Crippen molar-refractivity contribution < 1.29 is 5.11 Å². The molecule has 0 bridgehead atoms. The second-order valence-corrected chi connectivity index (χ2v) is 6.93. The van der Waals surface area contributed by atoms with E-state index in [-0.39, 0.29) is 6.10 Å². The number of aliphatic hydroxyl groups excluding tert-OH is 1. The monoisotopic (exact) mass is 364 g/mol. The van der Waals surface area contributed by atoms with Gasteiger partial charge in [-0.3, -0.25) is 0 Å². The molecule has 7 heteroatoms. The molecule has 0 amide bonds. The van der Waals surface area contributed by atoms with Crippen molar-refractivity contribution in [1.82, 2.24) is 19.7 Å². The Balaban J connectivity index is 1.43. The van der Waals surface area contributed by atoms with Crippen LogP contribution in [0.4, 0.5) is 11.6 Å². The Morgan fingerprint density at radius 1 is 1.15 bits per heavy atom. The second-order valence-electron chi connectivity index (χ2n) is 6.93. The number of aromatic nitrogens is 4. The minimum atomic E-state index is -0.185. The van der Waals surface area contributed by atoms with Crippen LogP contribution in [-0.2, 0) is 6.54 Å². The van der Waals surface area contributed by atoms with Gasteiger partial charge in [0.15, 0.2) is 0 Å². The zero-order valence-electron chi connectivity index (χ0n) is 15.4. The molecule has 0 atom stereocenters. The lowest BCUT2D eigenvalue weighted by Gasteiger charge is -2.31. The fourth-order valence-corrected chi connectivity index (χ4v) is 3.34. The van der Waals surface area contributed by atoms with Gasteiger partial charge in [-0.05, 0) is 36.6 Å². The standard InChI is InChI=1S/C20H24N6O/c1-24(14-16-3-5-17(6-4-16)26-10-2-9-23-26)19-13-20(22-15-21-19)25-11-7-18(27)8-12-25/h2-6,9-10,13,15,18,27H,7-8,11-12,14H2,1H3. The molecule has 1 N–H and O–H groups in total. The third-order valence-electron chi connectivity index (χ3n) is 4.94. The van der Waals surface area contributed by atoms with Gasteiger partial charge in [0.2, 0.25) is 0 Å². The summed E-state index contributed by atoms with van der Waals surface area (Å²) in [5.74, 6) is 1.81. The summed E-state index contributed by atoms with van der Waals surface area (Å²) >= 11 is 0. The zero-order valence-corrected chi connectivity index (χ0v) is 15.4. The fraction of sp³-hybridized carbons (Fsp3) is 0.350. The quantitative estimate of drug-likeness (QED) is 0.749. The summed E-state index contributed by atoms with van der Waals surface area (Å²) < 4.78 is 1.85. The zero-order chi connectivity index (χ0) is 18.6. The van der Waals surface area contributed by atoms with Gasteiger partial charge in [-0.1, -0.05) is 12.1 Å². The molecule has 0 radical (unpaired) electrons. The number of benzene rings is 1. The smallest absolute Gasteiger partial charge is 0.134 e. The van der Waals surface area contributed by atoms with Crippen LogP contribution in [0.5, 0.6) is 0 Å². The van der Waals surface area contributed by atoms with E-state index in [1.165, 1.54) is 5.56 Å². The Hall–Kier alpha value is -2.93. The SMILES string of the molecule is CN(Cc1ccc(-n2cccn2)cc1)c1cc(N2CCC(O)CC2)ncn1. The molecule has 1 fully saturated rings. The van der Waals surface area contributed by atoms with Crippen LogP contribution in [0.1, 0.15) is 18.4 Å². The van der Waals surface area contributed by atoms with E-state index >= 15 is 0 Å². The van der Waals surface area contributed by atoms with E-state index in [1.54, 1.807) is 12.5 Å². The van der Waals surface area contributed by atoms with Gasteiger partial charge in [0, 0.05) is 45.1 Å². The van der Waals surface area contributed by atoms with Crippen molar-refractivity contribution in [2.24, 2.45) is 0 Å². The van der Waals surface area contributed by atoms with Gasteiger partial charge >= 0.3 is 0 Å². The van der Waals surface area contributed by atoms with Crippen LogP contribution in [0.25, 0.3) is 5.69 Å². The van der Waals surface area contributed by atoms with Crippen molar-refractivity contribution in [2.45, 2.75) is 25.5 Å². The molecule has 3 heterocycles. The van der Waals surface area contributed by atoms with Crippen LogP contribution in [-0.4, -0.2) is 51.1 Å². The third kappa shape index (κ3) is 4.09. The average Bonchev–Trinajstić information content (AvgIpc) is 3.24. The lowest BCUT2D eigenvalue weighted by molar-refractivity contribution is 0.145. The Kier molecular flexibility index (Phi) is 5.02. The fourth-order valence-electron chi connectivity index (χ4n) is 3.34. The number of hydrogen-bond donors (Lipinski definition) is 1. The summed E-state index contributed by atoms with van der Waals surface area (Å²) in [4.78, 5) is 13.2. The number of nitrogens with zero attached hydrogens (tertiary/aromatic N) is 6. The molecular weight excluding hydrogens is 340 g/mol. The summed E-state index contributed by atoms with van der Waals surface area (Å²) in [6, 6.07) is 12.3. The topological polar surface area (TPSA) is 70.3 Å². The highest BCUT2D eigenvalue weighted by Gasteiger charge is 2.19. The maximum Gasteiger partial charge on any atom is 0.134 e. The summed E-state index contributed by atoms with van der Waals surface area (Å²) in [6.07, 6.45) is 6.72. The molecule has 0 saturated carbocycles. The highest BCUT2D eigenvalue weighted by molar-refractivity contribution is 5.50. The molecule has 1 aliphatic rings. The van der Waals surface area contributed by atoms with Gasteiger partial charge in [0.05, 0.1) is 11.8 Å². The van der Waals surface area contributed by atoms with E-state index in [0.717, 1.165) is 49.8 Å². The predicted molar refractivity (Wildman–Crippen MR) is 105 cm³/mol. The molecule has 1 aliphatic heterocycles. The molecule has 1 saturated heterocycles. The van der Waals surface area contributed by atoms with Crippen molar-refractivity contribution in [3.8, 4) is 5.69 Å². The van der Waals surface area contributed by atoms with Crippen molar-refractivity contribution in [3.05, 3.63) is 60.7 Å². The first-order valence-corrected chi connectivity index (χ1v) is 9.24. The van der Waals surface area contributed by atoms with Gasteiger partial charge in [-0.25, -0.2) is 14.6 Å². The molecule has 7 nitrogen and oxygen atoms in total. The van der Waals surface area contributed by atoms with Crippen LogP contribution in [0.2, 0.25) is 0 Å². The molecule has 140 valence electrons. The van der Waals surface area contributed by atoms with Gasteiger partial charge in [0.25, 0.3) is 0 Å². The Morgan fingerprint density at radius 3 is 2.63 bits per heavy atom. The average molecular weight is 364 g/mol. The highest BCUT2D eigenvalue weighted by atomic mass is 16.3. The Bertz CT molecular complexity index is 856. The molecule has 2 aromatic heterocycles. The summed E-state index contributed by atoms with van der Waals surface area (Å²) in [5, 5.41) is 13.9. The molecule has 4 rings (SSSR count). The summed E-state index contributed by atoms with van der Waals surface area (Å²) in [6.45, 7) is 2.42. The first-order valence-electron chi connectivity index (χ1n) is 9.24. The second kappa shape index (κ2) is 7.75. The number of aliphatic hydroxyl groups is 1. The Labute approximate surface area is 158 Å². The normalized spacial score (nSPS) is 15.1. The highest BCUT2D eigenvalue weighted by Crippen LogP contribution is 2.22. The van der Waals surface area contributed by atoms with E-state index in [2.05, 4.69) is 49.1 Å². The lowest BCUT2D eigenvalue weighted by Crippen LogP contribution is -2.36. The first kappa shape index (κ1) is 17.5. The number of hydrogen-bond acceptors (Lipinski definition) is 6. The van der Waals surface area contributed by atoms with Crippen molar-refractivity contribution in [2.75, 3.05) is 29.9 Å². The largest absolute Gasteiger partial charge is 0.393 e. The van der Waals surface area contributed by atoms with Crippen molar-refractivity contribution in [1.29, 1.82) is 0 Å². The van der Waals surface area contributed by atoms with E-state index in [0.29, 0.717) is 0 Å². The first-order chi connectivity index (χ1) is 13.2. The number of piperidine rings is 1. The molecule has 0 unspecified atom stereocenters. The summed E-state index contributed by atoms with van der Waals surface area (Å²) in [7, 11) is 2.04. The van der Waals surface area contributed by atoms with Crippen LogP contribution in [0.3, 0.4) is 0 Å². The maximum atomic E-state index is 9.69. The van der Waals surface area contributed by atoms with Gasteiger partial charge < -0.3 is 14.9 Å². The predicted octanol–water partition coefficient (Wildman–Crippen LogP) is 2.26. The van der Waals surface area contributed by atoms with Crippen LogP contribution >= 0.6 is 0 Å². The van der Waals surface area contributed by atoms with Crippen molar-refractivity contribution >= 4 is 11.6 Å². The lowest BCUT2D eigenvalue weighted by atomic mass is 10.1. The van der Waals surface area contributed by atoms with E-state index in [1.807, 2.05) is 30.1 Å². The maximum absolute atomic E-state index is 9.69. The van der Waals surface area contributed by atoms with E-state index < -0.39 is 0 Å². The minimum absolute atomic E-state index is 0.185.